The number of nitrogens with zero attached hydrogens (tertiary/aromatic N) is 2. The molecule has 0 aromatic carbocycles. The highest BCUT2D eigenvalue weighted by molar-refractivity contribution is 5.79. The molecule has 0 aromatic heterocycles. The van der Waals surface area contributed by atoms with Crippen molar-refractivity contribution in [2.24, 2.45) is 11.8 Å². The molecule has 3 heteroatoms. The number of likely N-dealkylation sites (tertiary alicyclic amines) is 2. The number of amides is 1. The lowest BCUT2D eigenvalue weighted by Gasteiger charge is -2.36. The van der Waals surface area contributed by atoms with Crippen LogP contribution in [-0.2, 0) is 4.79 Å². The summed E-state index contributed by atoms with van der Waals surface area (Å²) in [6.07, 6.45) is 5.86. The highest BCUT2D eigenvalue weighted by Gasteiger charge is 2.29. The Morgan fingerprint density at radius 3 is 2.22 bits per heavy atom. The van der Waals surface area contributed by atoms with Gasteiger partial charge in [-0.25, -0.2) is 0 Å². The summed E-state index contributed by atoms with van der Waals surface area (Å²) >= 11 is 0. The van der Waals surface area contributed by atoms with Crippen LogP contribution in [0.5, 0.6) is 0 Å². The molecule has 104 valence electrons. The van der Waals surface area contributed by atoms with Gasteiger partial charge in [-0.05, 0) is 51.1 Å². The Balaban J connectivity index is 1.76. The summed E-state index contributed by atoms with van der Waals surface area (Å²) in [7, 11) is 0. The summed E-state index contributed by atoms with van der Waals surface area (Å²) < 4.78 is 0. The number of hydrogen-bond donors (Lipinski definition) is 0. The average Bonchev–Trinajstić information content (AvgIpc) is 2.39. The van der Waals surface area contributed by atoms with Gasteiger partial charge in [0, 0.05) is 25.6 Å². The number of hydrogen-bond acceptors (Lipinski definition) is 2. The van der Waals surface area contributed by atoms with Crippen molar-refractivity contribution in [3.05, 3.63) is 0 Å². The van der Waals surface area contributed by atoms with Crippen LogP contribution in [0.15, 0.2) is 0 Å². The first kappa shape index (κ1) is 13.9. The molecule has 3 nitrogen and oxygen atoms in total. The maximum Gasteiger partial charge on any atom is 0.225 e. The standard InChI is InChI=1S/C15H28N2O/c1-13(2)12-16-10-6-14(7-11-16)15(18)17-8-4-3-5-9-17/h13-14H,3-12H2,1-2H3. The molecule has 0 bridgehead atoms. The predicted molar refractivity (Wildman–Crippen MR) is 74.4 cm³/mol. The van der Waals surface area contributed by atoms with Gasteiger partial charge in [0.1, 0.15) is 0 Å². The lowest BCUT2D eigenvalue weighted by atomic mass is 9.94. The van der Waals surface area contributed by atoms with E-state index in [9.17, 15) is 4.79 Å². The second-order valence-corrected chi connectivity index (χ2v) is 6.35. The highest BCUT2D eigenvalue weighted by Crippen LogP contribution is 2.22. The van der Waals surface area contributed by atoms with E-state index in [4.69, 9.17) is 0 Å². The van der Waals surface area contributed by atoms with Crippen LogP contribution in [0.3, 0.4) is 0 Å². The van der Waals surface area contributed by atoms with Crippen molar-refractivity contribution >= 4 is 5.91 Å². The smallest absolute Gasteiger partial charge is 0.225 e. The minimum atomic E-state index is 0.312. The van der Waals surface area contributed by atoms with Crippen molar-refractivity contribution < 1.29 is 4.79 Å². The Bertz CT molecular complexity index is 264. The lowest BCUT2D eigenvalue weighted by molar-refractivity contribution is -0.138. The van der Waals surface area contributed by atoms with Crippen molar-refractivity contribution in [2.45, 2.75) is 46.0 Å². The normalized spacial score (nSPS) is 23.6. The van der Waals surface area contributed by atoms with Gasteiger partial charge >= 0.3 is 0 Å². The third-order valence-electron chi connectivity index (χ3n) is 4.23. The molecule has 0 radical (unpaired) electrons. The van der Waals surface area contributed by atoms with Crippen LogP contribution in [0.1, 0.15) is 46.0 Å². The van der Waals surface area contributed by atoms with Crippen molar-refractivity contribution in [1.29, 1.82) is 0 Å². The van der Waals surface area contributed by atoms with Gasteiger partial charge in [-0.15, -0.1) is 0 Å². The molecular formula is C15H28N2O. The molecule has 0 atom stereocenters. The van der Waals surface area contributed by atoms with Gasteiger partial charge in [0.2, 0.25) is 5.91 Å². The van der Waals surface area contributed by atoms with E-state index >= 15 is 0 Å². The molecule has 0 aromatic rings. The molecule has 1 amide bonds. The fourth-order valence-electron chi connectivity index (χ4n) is 3.25. The minimum absolute atomic E-state index is 0.312. The van der Waals surface area contributed by atoms with Gasteiger partial charge in [-0.1, -0.05) is 13.8 Å². The monoisotopic (exact) mass is 252 g/mol. The zero-order valence-corrected chi connectivity index (χ0v) is 12.0. The lowest BCUT2D eigenvalue weighted by Crippen LogP contribution is -2.44. The van der Waals surface area contributed by atoms with E-state index in [1.807, 2.05) is 0 Å². The maximum absolute atomic E-state index is 12.4. The second kappa shape index (κ2) is 6.55. The molecule has 2 heterocycles. The number of carbonyl (C=O) groups excluding carboxylic acids is 1. The topological polar surface area (TPSA) is 23.6 Å². The van der Waals surface area contributed by atoms with Crippen molar-refractivity contribution in [1.82, 2.24) is 9.80 Å². The zero-order valence-electron chi connectivity index (χ0n) is 12.0. The first-order valence-electron chi connectivity index (χ1n) is 7.68. The van der Waals surface area contributed by atoms with Crippen molar-refractivity contribution in [3.8, 4) is 0 Å². The zero-order chi connectivity index (χ0) is 13.0. The van der Waals surface area contributed by atoms with Gasteiger partial charge in [-0.2, -0.15) is 0 Å². The molecule has 2 aliphatic rings. The minimum Gasteiger partial charge on any atom is -0.342 e. The molecule has 2 fully saturated rings. The third-order valence-corrected chi connectivity index (χ3v) is 4.23. The molecule has 0 N–H and O–H groups in total. The van der Waals surface area contributed by atoms with Crippen LogP contribution in [0.4, 0.5) is 0 Å². The Hall–Kier alpha value is -0.570. The number of piperidine rings is 2. The van der Waals surface area contributed by atoms with Crippen LogP contribution < -0.4 is 0 Å². The van der Waals surface area contributed by atoms with Gasteiger partial charge < -0.3 is 9.80 Å². The molecule has 0 aliphatic carbocycles. The molecule has 2 saturated heterocycles. The summed E-state index contributed by atoms with van der Waals surface area (Å²) in [5, 5.41) is 0. The first-order valence-corrected chi connectivity index (χ1v) is 7.68. The van der Waals surface area contributed by atoms with Gasteiger partial charge in [0.25, 0.3) is 0 Å². The summed E-state index contributed by atoms with van der Waals surface area (Å²) in [5.41, 5.74) is 0. The SMILES string of the molecule is CC(C)CN1CCC(C(=O)N2CCCCC2)CC1. The van der Waals surface area contributed by atoms with E-state index in [0.717, 1.165) is 44.9 Å². The Morgan fingerprint density at radius 1 is 1.06 bits per heavy atom. The Morgan fingerprint density at radius 2 is 1.67 bits per heavy atom. The quantitative estimate of drug-likeness (QED) is 0.770. The van der Waals surface area contributed by atoms with Gasteiger partial charge in [0.15, 0.2) is 0 Å². The molecular weight excluding hydrogens is 224 g/mol. The summed E-state index contributed by atoms with van der Waals surface area (Å²) in [4.78, 5) is 17.0. The Kier molecular flexibility index (Phi) is 5.04. The first-order chi connectivity index (χ1) is 8.66. The van der Waals surface area contributed by atoms with Gasteiger partial charge in [0.05, 0.1) is 0 Å². The van der Waals surface area contributed by atoms with Gasteiger partial charge in [-0.3, -0.25) is 4.79 Å². The summed E-state index contributed by atoms with van der Waals surface area (Å²) in [6, 6.07) is 0. The van der Waals surface area contributed by atoms with Crippen LogP contribution >= 0.6 is 0 Å². The van der Waals surface area contributed by atoms with Crippen molar-refractivity contribution in [3.63, 3.8) is 0 Å². The molecule has 0 spiro atoms. The number of carbonyl (C=O) groups is 1. The van der Waals surface area contributed by atoms with E-state index < -0.39 is 0 Å². The fraction of sp³-hybridized carbons (Fsp3) is 0.933. The second-order valence-electron chi connectivity index (χ2n) is 6.35. The van der Waals surface area contributed by atoms with E-state index in [2.05, 4.69) is 23.6 Å². The molecule has 18 heavy (non-hydrogen) atoms. The number of rotatable bonds is 3. The van der Waals surface area contributed by atoms with Crippen LogP contribution in [0.2, 0.25) is 0 Å². The summed E-state index contributed by atoms with van der Waals surface area (Å²) in [6.45, 7) is 9.96. The highest BCUT2D eigenvalue weighted by atomic mass is 16.2. The van der Waals surface area contributed by atoms with E-state index in [0.29, 0.717) is 11.8 Å². The maximum atomic E-state index is 12.4. The van der Waals surface area contributed by atoms with E-state index in [1.165, 1.54) is 25.8 Å². The van der Waals surface area contributed by atoms with Crippen LogP contribution in [0.25, 0.3) is 0 Å². The largest absolute Gasteiger partial charge is 0.342 e. The van der Waals surface area contributed by atoms with E-state index in [1.54, 1.807) is 0 Å². The van der Waals surface area contributed by atoms with Crippen molar-refractivity contribution in [2.75, 3.05) is 32.7 Å². The van der Waals surface area contributed by atoms with E-state index in [-0.39, 0.29) is 0 Å². The fourth-order valence-corrected chi connectivity index (χ4v) is 3.25. The summed E-state index contributed by atoms with van der Waals surface area (Å²) in [5.74, 6) is 1.49. The predicted octanol–water partition coefficient (Wildman–Crippen LogP) is 2.37. The third kappa shape index (κ3) is 3.71. The van der Waals surface area contributed by atoms with Crippen LogP contribution in [-0.4, -0.2) is 48.4 Å². The molecule has 2 rings (SSSR count). The average molecular weight is 252 g/mol. The molecule has 2 aliphatic heterocycles. The Labute approximate surface area is 112 Å². The van der Waals surface area contributed by atoms with Crippen LogP contribution in [0, 0.1) is 11.8 Å². The molecule has 0 unspecified atom stereocenters. The molecule has 0 saturated carbocycles.